The van der Waals surface area contributed by atoms with Crippen LogP contribution in [-0.2, 0) is 13.0 Å². The molecule has 0 saturated carbocycles. The number of unbranched alkanes of at least 4 members (excludes halogenated alkanes) is 1. The van der Waals surface area contributed by atoms with Crippen molar-refractivity contribution in [3.8, 4) is 5.75 Å². The Hall–Kier alpha value is -3.67. The van der Waals surface area contributed by atoms with Gasteiger partial charge in [0.05, 0.1) is 17.6 Å². The van der Waals surface area contributed by atoms with Gasteiger partial charge in [-0.1, -0.05) is 30.3 Å². The minimum Gasteiger partial charge on any atom is -0.493 e. The van der Waals surface area contributed by atoms with Gasteiger partial charge in [-0.3, -0.25) is 4.79 Å². The maximum atomic E-state index is 13.1. The molecule has 5 nitrogen and oxygen atoms in total. The summed E-state index contributed by atoms with van der Waals surface area (Å²) in [7, 11) is 0. The first-order valence-corrected chi connectivity index (χ1v) is 12.2. The summed E-state index contributed by atoms with van der Waals surface area (Å²) in [6.07, 6.45) is 3.47. The van der Waals surface area contributed by atoms with Crippen LogP contribution in [-0.4, -0.2) is 28.6 Å². The quantitative estimate of drug-likeness (QED) is 0.271. The number of rotatable bonds is 11. The summed E-state index contributed by atoms with van der Waals surface area (Å²) in [6.45, 7) is 6.24. The van der Waals surface area contributed by atoms with E-state index in [1.54, 1.807) is 0 Å². The number of imidazole rings is 1. The molecule has 0 unspecified atom stereocenters. The number of carbonyl (C=O) groups is 1. The highest BCUT2D eigenvalue weighted by atomic mass is 19.1. The summed E-state index contributed by atoms with van der Waals surface area (Å²) in [5, 5.41) is 2.91. The third-order valence-electron chi connectivity index (χ3n) is 6.13. The van der Waals surface area contributed by atoms with Gasteiger partial charge in [0.15, 0.2) is 0 Å². The first kappa shape index (κ1) is 24.5. The molecular formula is C29H32FN3O2. The highest BCUT2D eigenvalue weighted by Crippen LogP contribution is 2.23. The summed E-state index contributed by atoms with van der Waals surface area (Å²) in [6, 6.07) is 20.0. The molecule has 0 aliphatic carbocycles. The molecule has 0 aliphatic heterocycles. The molecule has 4 aromatic rings. The number of benzene rings is 3. The Morgan fingerprint density at radius 1 is 0.943 bits per heavy atom. The van der Waals surface area contributed by atoms with Crippen molar-refractivity contribution in [2.24, 2.45) is 0 Å². The lowest BCUT2D eigenvalue weighted by Gasteiger charge is -2.13. The van der Waals surface area contributed by atoms with Crippen LogP contribution in [0.2, 0.25) is 0 Å². The minimum atomic E-state index is -0.350. The van der Waals surface area contributed by atoms with Crippen LogP contribution in [0.15, 0.2) is 66.7 Å². The molecule has 4 rings (SSSR count). The molecule has 0 saturated heterocycles. The van der Waals surface area contributed by atoms with E-state index in [0.29, 0.717) is 18.7 Å². The standard InChI is InChI=1S/C29H32FN3O2/c1-21-9-7-10-22(2)28(21)35-20-6-5-19-33-26-12-4-3-11-25(26)32-27(33)13-8-18-31-29(34)23-14-16-24(30)17-15-23/h3-4,7,9-12,14-17H,5-6,8,13,18-20H2,1-2H3,(H,31,34). The Morgan fingerprint density at radius 3 is 2.46 bits per heavy atom. The van der Waals surface area contributed by atoms with E-state index in [1.165, 1.54) is 35.4 Å². The van der Waals surface area contributed by atoms with Crippen molar-refractivity contribution in [1.29, 1.82) is 0 Å². The van der Waals surface area contributed by atoms with Crippen LogP contribution in [0.5, 0.6) is 5.75 Å². The van der Waals surface area contributed by atoms with Gasteiger partial charge >= 0.3 is 0 Å². The van der Waals surface area contributed by atoms with Gasteiger partial charge in [-0.05, 0) is 80.6 Å². The molecule has 6 heteroatoms. The Bertz CT molecular complexity index is 1260. The number of amides is 1. The van der Waals surface area contributed by atoms with E-state index in [-0.39, 0.29) is 11.7 Å². The molecule has 3 aromatic carbocycles. The third kappa shape index (κ3) is 6.27. The molecule has 1 aromatic heterocycles. The zero-order valence-corrected chi connectivity index (χ0v) is 20.4. The lowest BCUT2D eigenvalue weighted by molar-refractivity contribution is 0.0953. The van der Waals surface area contributed by atoms with Gasteiger partial charge in [-0.15, -0.1) is 0 Å². The highest BCUT2D eigenvalue weighted by Gasteiger charge is 2.11. The van der Waals surface area contributed by atoms with Crippen LogP contribution < -0.4 is 10.1 Å². The van der Waals surface area contributed by atoms with Gasteiger partial charge in [0, 0.05) is 25.1 Å². The number of fused-ring (bicyclic) bond motifs is 1. The smallest absolute Gasteiger partial charge is 0.251 e. The molecule has 0 atom stereocenters. The van der Waals surface area contributed by atoms with Gasteiger partial charge in [0.25, 0.3) is 5.91 Å². The molecule has 0 aliphatic rings. The van der Waals surface area contributed by atoms with E-state index in [1.807, 2.05) is 18.2 Å². The number of aryl methyl sites for hydroxylation is 4. The van der Waals surface area contributed by atoms with Crippen molar-refractivity contribution in [1.82, 2.24) is 14.9 Å². The molecule has 1 heterocycles. The Morgan fingerprint density at radius 2 is 1.69 bits per heavy atom. The van der Waals surface area contributed by atoms with E-state index in [9.17, 15) is 9.18 Å². The van der Waals surface area contributed by atoms with E-state index in [2.05, 4.69) is 48.0 Å². The lowest BCUT2D eigenvalue weighted by Crippen LogP contribution is -2.25. The zero-order chi connectivity index (χ0) is 24.6. The molecule has 0 bridgehead atoms. The fraction of sp³-hybridized carbons (Fsp3) is 0.310. The van der Waals surface area contributed by atoms with Crippen molar-refractivity contribution in [3.05, 3.63) is 95.1 Å². The maximum Gasteiger partial charge on any atom is 0.251 e. The molecule has 0 fully saturated rings. The van der Waals surface area contributed by atoms with Gasteiger partial charge in [0.2, 0.25) is 0 Å². The maximum absolute atomic E-state index is 13.1. The van der Waals surface area contributed by atoms with Crippen LogP contribution in [0.4, 0.5) is 4.39 Å². The summed E-state index contributed by atoms with van der Waals surface area (Å²) < 4.78 is 21.4. The highest BCUT2D eigenvalue weighted by molar-refractivity contribution is 5.94. The molecule has 1 N–H and O–H groups in total. The Labute approximate surface area is 206 Å². The van der Waals surface area contributed by atoms with Gasteiger partial charge in [-0.25, -0.2) is 9.37 Å². The fourth-order valence-electron chi connectivity index (χ4n) is 4.29. The first-order valence-electron chi connectivity index (χ1n) is 12.2. The molecule has 0 spiro atoms. The average Bonchev–Trinajstić information content (AvgIpc) is 3.21. The van der Waals surface area contributed by atoms with E-state index < -0.39 is 0 Å². The number of nitrogens with zero attached hydrogens (tertiary/aromatic N) is 2. The molecular weight excluding hydrogens is 441 g/mol. The summed E-state index contributed by atoms with van der Waals surface area (Å²) in [5.74, 6) is 1.47. The number of hydrogen-bond donors (Lipinski definition) is 1. The third-order valence-corrected chi connectivity index (χ3v) is 6.13. The molecule has 182 valence electrons. The largest absolute Gasteiger partial charge is 0.493 e. The minimum absolute atomic E-state index is 0.192. The predicted molar refractivity (Wildman–Crippen MR) is 137 cm³/mol. The predicted octanol–water partition coefficient (Wildman–Crippen LogP) is 6.01. The number of nitrogens with one attached hydrogen (secondary N) is 1. The Balaban J connectivity index is 1.30. The van der Waals surface area contributed by atoms with Crippen molar-refractivity contribution in [2.45, 2.75) is 46.1 Å². The van der Waals surface area contributed by atoms with Crippen molar-refractivity contribution in [2.75, 3.05) is 13.2 Å². The topological polar surface area (TPSA) is 56.1 Å². The van der Waals surface area contributed by atoms with Gasteiger partial charge in [-0.2, -0.15) is 0 Å². The lowest BCUT2D eigenvalue weighted by atomic mass is 10.1. The number of halogens is 1. The second kappa shape index (κ2) is 11.6. The van der Waals surface area contributed by atoms with Crippen LogP contribution in [0.25, 0.3) is 11.0 Å². The zero-order valence-electron chi connectivity index (χ0n) is 20.4. The monoisotopic (exact) mass is 473 g/mol. The fourth-order valence-corrected chi connectivity index (χ4v) is 4.29. The van der Waals surface area contributed by atoms with Gasteiger partial charge < -0.3 is 14.6 Å². The van der Waals surface area contributed by atoms with Crippen molar-refractivity contribution >= 4 is 16.9 Å². The number of para-hydroxylation sites is 3. The normalized spacial score (nSPS) is 11.1. The molecule has 35 heavy (non-hydrogen) atoms. The first-order chi connectivity index (χ1) is 17.0. The second-order valence-electron chi connectivity index (χ2n) is 8.81. The van der Waals surface area contributed by atoms with Crippen LogP contribution in [0.1, 0.15) is 46.6 Å². The number of carbonyl (C=O) groups excluding carboxylic acids is 1. The van der Waals surface area contributed by atoms with Crippen LogP contribution in [0, 0.1) is 19.7 Å². The number of aromatic nitrogens is 2. The molecule has 1 amide bonds. The van der Waals surface area contributed by atoms with Crippen molar-refractivity contribution in [3.63, 3.8) is 0 Å². The van der Waals surface area contributed by atoms with Crippen molar-refractivity contribution < 1.29 is 13.9 Å². The average molecular weight is 474 g/mol. The van der Waals surface area contributed by atoms with E-state index >= 15 is 0 Å². The van der Waals surface area contributed by atoms with E-state index in [0.717, 1.165) is 54.8 Å². The summed E-state index contributed by atoms with van der Waals surface area (Å²) in [5.41, 5.74) is 4.92. The van der Waals surface area contributed by atoms with E-state index in [4.69, 9.17) is 9.72 Å². The second-order valence-corrected chi connectivity index (χ2v) is 8.81. The SMILES string of the molecule is Cc1cccc(C)c1OCCCCn1c(CCCNC(=O)c2ccc(F)cc2)nc2ccccc21. The summed E-state index contributed by atoms with van der Waals surface area (Å²) in [4.78, 5) is 17.1. The Kier molecular flexibility index (Phi) is 8.14. The van der Waals surface area contributed by atoms with Gasteiger partial charge in [0.1, 0.15) is 17.4 Å². The number of ether oxygens (including phenoxy) is 1. The summed E-state index contributed by atoms with van der Waals surface area (Å²) >= 11 is 0. The van der Waals surface area contributed by atoms with Crippen LogP contribution in [0.3, 0.4) is 0 Å². The van der Waals surface area contributed by atoms with Crippen LogP contribution >= 0.6 is 0 Å². The number of hydrogen-bond acceptors (Lipinski definition) is 3. The molecule has 0 radical (unpaired) electrons.